The maximum atomic E-state index is 14.2. The van der Waals surface area contributed by atoms with Crippen LogP contribution in [0.15, 0.2) is 71.5 Å². The van der Waals surface area contributed by atoms with Gasteiger partial charge in [-0.3, -0.25) is 24.1 Å². The van der Waals surface area contributed by atoms with E-state index in [1.54, 1.807) is 49.4 Å². The van der Waals surface area contributed by atoms with Gasteiger partial charge in [0.2, 0.25) is 15.9 Å². The highest BCUT2D eigenvalue weighted by Gasteiger charge is 2.32. The number of para-hydroxylation sites is 1. The monoisotopic (exact) mass is 709 g/mol. The largest absolute Gasteiger partial charge is 0.497 e. The molecule has 0 saturated carbocycles. The van der Waals surface area contributed by atoms with Crippen LogP contribution in [0.2, 0.25) is 0 Å². The molecule has 0 aliphatic carbocycles. The zero-order valence-corrected chi connectivity index (χ0v) is 29.1. The van der Waals surface area contributed by atoms with Crippen molar-refractivity contribution in [3.63, 3.8) is 0 Å². The fraction of sp³-hybridized carbons (Fsp3) is 0.353. The van der Waals surface area contributed by atoms with Crippen LogP contribution in [0.4, 0.5) is 20.6 Å². The lowest BCUT2D eigenvalue weighted by Gasteiger charge is -2.39. The van der Waals surface area contributed by atoms with E-state index in [1.165, 1.54) is 48.1 Å². The third kappa shape index (κ3) is 8.49. The molecule has 3 amide bonds. The second-order valence-corrected chi connectivity index (χ2v) is 13.6. The second-order valence-electron chi connectivity index (χ2n) is 11.8. The summed E-state index contributed by atoms with van der Waals surface area (Å²) in [7, 11) is -0.624. The van der Waals surface area contributed by atoms with Gasteiger partial charge < -0.3 is 19.8 Å². The van der Waals surface area contributed by atoms with Gasteiger partial charge in [-0.15, -0.1) is 0 Å². The summed E-state index contributed by atoms with van der Waals surface area (Å²) in [5.41, 5.74) is 0.889. The standard InChI is InChI=1S/C34H40FN7O7S/c1-23(41(29-16-15-26(48-2)22-30(29)49-3)34(45)36-25-13-11-24(35)12-14-25)32-37-28-9-6-5-8-27(28)33(44)42(32)40-20-18-39(19-21-40)17-7-10-31(43)38-50(4,46)47/h5-6,8-9,11-16,22-23H,7,10,17-21H2,1-4H3,(H,36,45)(H,38,43). The lowest BCUT2D eigenvalue weighted by atomic mass is 10.1. The molecule has 0 spiro atoms. The molecule has 4 aromatic rings. The number of methoxy groups -OCH3 is 2. The lowest BCUT2D eigenvalue weighted by Crippen LogP contribution is -2.56. The smallest absolute Gasteiger partial charge is 0.327 e. The first-order valence-electron chi connectivity index (χ1n) is 16.0. The lowest BCUT2D eigenvalue weighted by molar-refractivity contribution is -0.119. The minimum atomic E-state index is -3.61. The fourth-order valence-corrected chi connectivity index (χ4v) is 6.39. The number of nitrogens with zero attached hydrogens (tertiary/aromatic N) is 5. The predicted molar refractivity (Wildman–Crippen MR) is 188 cm³/mol. The van der Waals surface area contributed by atoms with Crippen molar-refractivity contribution in [1.82, 2.24) is 19.3 Å². The van der Waals surface area contributed by atoms with E-state index in [9.17, 15) is 27.2 Å². The first-order chi connectivity index (χ1) is 23.9. The molecule has 1 fully saturated rings. The van der Waals surface area contributed by atoms with Gasteiger partial charge in [-0.25, -0.2) is 27.3 Å². The van der Waals surface area contributed by atoms with Gasteiger partial charge in [0.1, 0.15) is 17.3 Å². The summed E-state index contributed by atoms with van der Waals surface area (Å²) >= 11 is 0. The summed E-state index contributed by atoms with van der Waals surface area (Å²) in [6.45, 7) is 4.31. The van der Waals surface area contributed by atoms with Crippen molar-refractivity contribution < 1.29 is 31.9 Å². The zero-order chi connectivity index (χ0) is 36.0. The molecule has 50 heavy (non-hydrogen) atoms. The molecule has 266 valence electrons. The second kappa shape index (κ2) is 15.6. The molecule has 2 heterocycles. The molecule has 1 atom stereocenters. The summed E-state index contributed by atoms with van der Waals surface area (Å²) in [6.07, 6.45) is 1.46. The van der Waals surface area contributed by atoms with Crippen molar-refractivity contribution in [2.75, 3.05) is 68.4 Å². The highest BCUT2D eigenvalue weighted by atomic mass is 32.2. The van der Waals surface area contributed by atoms with Crippen LogP contribution in [0.25, 0.3) is 10.9 Å². The van der Waals surface area contributed by atoms with Crippen molar-refractivity contribution in [2.24, 2.45) is 0 Å². The molecule has 1 saturated heterocycles. The molecule has 3 aromatic carbocycles. The topological polar surface area (TPSA) is 155 Å². The van der Waals surface area contributed by atoms with Crippen LogP contribution in [-0.2, 0) is 14.8 Å². The van der Waals surface area contributed by atoms with Gasteiger partial charge in [-0.1, -0.05) is 12.1 Å². The molecule has 16 heteroatoms. The van der Waals surface area contributed by atoms with Gasteiger partial charge in [0.15, 0.2) is 5.82 Å². The van der Waals surface area contributed by atoms with Gasteiger partial charge in [0.05, 0.1) is 43.1 Å². The van der Waals surface area contributed by atoms with Crippen LogP contribution in [0.3, 0.4) is 0 Å². The van der Waals surface area contributed by atoms with E-state index in [2.05, 4.69) is 10.2 Å². The van der Waals surface area contributed by atoms with Gasteiger partial charge in [-0.05, 0) is 68.4 Å². The Morgan fingerprint density at radius 1 is 1.00 bits per heavy atom. The van der Waals surface area contributed by atoms with E-state index in [4.69, 9.17) is 14.5 Å². The Morgan fingerprint density at radius 3 is 2.36 bits per heavy atom. The SMILES string of the molecule is COc1ccc(N(C(=O)Nc2ccc(F)cc2)C(C)c2nc3ccccc3c(=O)n2N2CCN(CCCC(=O)NS(C)(=O)=O)CC2)c(OC)c1. The van der Waals surface area contributed by atoms with Crippen LogP contribution in [0.1, 0.15) is 31.6 Å². The van der Waals surface area contributed by atoms with Gasteiger partial charge >= 0.3 is 6.03 Å². The summed E-state index contributed by atoms with van der Waals surface area (Å²) in [4.78, 5) is 48.9. The number of urea groups is 1. The number of carbonyl (C=O) groups excluding carboxylic acids is 2. The number of ether oxygens (including phenoxy) is 2. The number of halogens is 1. The summed E-state index contributed by atoms with van der Waals surface area (Å²) in [5, 5.41) is 5.13. The van der Waals surface area contributed by atoms with E-state index in [0.29, 0.717) is 78.7 Å². The minimum absolute atomic E-state index is 0.0631. The molecule has 14 nitrogen and oxygen atoms in total. The molecule has 5 rings (SSSR count). The van der Waals surface area contributed by atoms with Crippen molar-refractivity contribution in [2.45, 2.75) is 25.8 Å². The number of anilines is 2. The van der Waals surface area contributed by atoms with Crippen molar-refractivity contribution in [1.29, 1.82) is 0 Å². The quantitative estimate of drug-likeness (QED) is 0.224. The van der Waals surface area contributed by atoms with Crippen LogP contribution in [-0.4, -0.2) is 88.1 Å². The van der Waals surface area contributed by atoms with Crippen LogP contribution < -0.4 is 35.0 Å². The van der Waals surface area contributed by atoms with E-state index in [1.807, 2.05) is 9.73 Å². The number of amides is 3. The number of sulfonamides is 1. The Morgan fingerprint density at radius 2 is 1.70 bits per heavy atom. The third-order valence-electron chi connectivity index (χ3n) is 8.31. The summed E-state index contributed by atoms with van der Waals surface area (Å²) in [6, 6.07) is 16.0. The molecule has 1 aliphatic heterocycles. The Labute approximate surface area is 289 Å². The number of hydrogen-bond acceptors (Lipinski definition) is 10. The maximum absolute atomic E-state index is 14.2. The first kappa shape index (κ1) is 36.1. The first-order valence-corrected chi connectivity index (χ1v) is 17.9. The summed E-state index contributed by atoms with van der Waals surface area (Å²) < 4.78 is 50.9. The Hall–Kier alpha value is -5.22. The Bertz CT molecular complexity index is 2020. The Kier molecular flexibility index (Phi) is 11.2. The number of piperazine rings is 1. The minimum Gasteiger partial charge on any atom is -0.497 e. The number of rotatable bonds is 12. The number of fused-ring (bicyclic) bond motifs is 1. The third-order valence-corrected chi connectivity index (χ3v) is 8.91. The highest BCUT2D eigenvalue weighted by molar-refractivity contribution is 7.89. The zero-order valence-electron chi connectivity index (χ0n) is 28.3. The molecule has 1 aliphatic rings. The maximum Gasteiger partial charge on any atom is 0.327 e. The number of nitrogens with one attached hydrogen (secondary N) is 2. The Balaban J connectivity index is 1.49. The number of aromatic nitrogens is 2. The number of hydrogen-bond donors (Lipinski definition) is 2. The van der Waals surface area contributed by atoms with Crippen LogP contribution in [0.5, 0.6) is 11.5 Å². The molecule has 1 unspecified atom stereocenters. The molecular formula is C34H40FN7O7S. The molecule has 0 bridgehead atoms. The van der Waals surface area contributed by atoms with Gasteiger partial charge in [-0.2, -0.15) is 0 Å². The van der Waals surface area contributed by atoms with E-state index < -0.39 is 33.8 Å². The highest BCUT2D eigenvalue weighted by Crippen LogP contribution is 2.37. The van der Waals surface area contributed by atoms with Crippen LogP contribution in [0, 0.1) is 5.82 Å². The number of benzene rings is 3. The summed E-state index contributed by atoms with van der Waals surface area (Å²) in [5.74, 6) is 0.129. The van der Waals surface area contributed by atoms with Crippen LogP contribution >= 0.6 is 0 Å². The van der Waals surface area contributed by atoms with Crippen molar-refractivity contribution >= 4 is 44.2 Å². The number of carbonyl (C=O) groups is 2. The average Bonchev–Trinajstić information content (AvgIpc) is 3.09. The molecule has 1 aromatic heterocycles. The molecular weight excluding hydrogens is 669 g/mol. The molecule has 0 radical (unpaired) electrons. The predicted octanol–water partition coefficient (Wildman–Crippen LogP) is 3.46. The van der Waals surface area contributed by atoms with E-state index in [0.717, 1.165) is 6.26 Å². The fourth-order valence-electron chi connectivity index (χ4n) is 5.88. The van der Waals surface area contributed by atoms with Gasteiger partial charge in [0.25, 0.3) is 5.56 Å². The normalized spacial score (nSPS) is 14.2. The van der Waals surface area contributed by atoms with E-state index in [-0.39, 0.29) is 12.0 Å². The van der Waals surface area contributed by atoms with Crippen molar-refractivity contribution in [3.8, 4) is 11.5 Å². The molecule has 2 N–H and O–H groups in total. The van der Waals surface area contributed by atoms with Gasteiger partial charge in [0, 0.05) is 44.4 Å². The average molecular weight is 710 g/mol. The van der Waals surface area contributed by atoms with E-state index >= 15 is 0 Å². The van der Waals surface area contributed by atoms with Crippen molar-refractivity contribution in [3.05, 3.63) is 88.7 Å².